The van der Waals surface area contributed by atoms with E-state index in [1.165, 1.54) is 23.5 Å². The third kappa shape index (κ3) is 5.19. The highest BCUT2D eigenvalue weighted by atomic mass is 32.2. The number of amides is 1. The van der Waals surface area contributed by atoms with Gasteiger partial charge in [0.25, 0.3) is 5.56 Å². The van der Waals surface area contributed by atoms with Crippen LogP contribution in [-0.4, -0.2) is 27.0 Å². The molecule has 0 unspecified atom stereocenters. The lowest BCUT2D eigenvalue weighted by Gasteiger charge is -2.13. The normalized spacial score (nSPS) is 10.6. The van der Waals surface area contributed by atoms with Gasteiger partial charge in [-0.2, -0.15) is 5.26 Å². The van der Waals surface area contributed by atoms with Crippen LogP contribution in [0.2, 0.25) is 0 Å². The number of fused-ring (bicyclic) bond motifs is 1. The van der Waals surface area contributed by atoms with Crippen molar-refractivity contribution in [3.8, 4) is 6.07 Å². The Kier molecular flexibility index (Phi) is 7.33. The van der Waals surface area contributed by atoms with Gasteiger partial charge in [0, 0.05) is 11.4 Å². The molecular formula is C21H20N4O2S2. The number of carbonyl (C=O) groups excluding carboxylic acids is 1. The van der Waals surface area contributed by atoms with Gasteiger partial charge in [-0.3, -0.25) is 14.2 Å². The summed E-state index contributed by atoms with van der Waals surface area (Å²) in [6.45, 7) is 2.55. The molecule has 0 saturated heterocycles. The van der Waals surface area contributed by atoms with Crippen LogP contribution in [0.4, 0.5) is 5.69 Å². The Morgan fingerprint density at radius 3 is 2.72 bits per heavy atom. The van der Waals surface area contributed by atoms with Crippen molar-refractivity contribution in [3.05, 3.63) is 58.9 Å². The third-order valence-corrected chi connectivity index (χ3v) is 5.98. The number of aromatic nitrogens is 2. The van der Waals surface area contributed by atoms with Crippen molar-refractivity contribution < 1.29 is 4.79 Å². The van der Waals surface area contributed by atoms with Crippen molar-refractivity contribution in [2.24, 2.45) is 0 Å². The summed E-state index contributed by atoms with van der Waals surface area (Å²) >= 11 is 2.62. The fourth-order valence-corrected chi connectivity index (χ4v) is 4.30. The SMILES string of the molecule is CCCn1c(SCC(=O)Nc2ccccc2SCC#N)nc2ccccc2c1=O. The van der Waals surface area contributed by atoms with E-state index in [0.29, 0.717) is 34.0 Å². The molecule has 0 saturated carbocycles. The van der Waals surface area contributed by atoms with E-state index >= 15 is 0 Å². The van der Waals surface area contributed by atoms with E-state index in [9.17, 15) is 9.59 Å². The van der Waals surface area contributed by atoms with Gasteiger partial charge in [-0.25, -0.2) is 4.98 Å². The summed E-state index contributed by atoms with van der Waals surface area (Å²) in [5.74, 6) is 0.253. The summed E-state index contributed by atoms with van der Waals surface area (Å²) in [7, 11) is 0. The van der Waals surface area contributed by atoms with E-state index in [-0.39, 0.29) is 17.2 Å². The Balaban J connectivity index is 1.77. The van der Waals surface area contributed by atoms with Crippen LogP contribution in [0.1, 0.15) is 13.3 Å². The molecule has 0 bridgehead atoms. The van der Waals surface area contributed by atoms with Crippen molar-refractivity contribution in [1.29, 1.82) is 5.26 Å². The molecule has 3 rings (SSSR count). The maximum Gasteiger partial charge on any atom is 0.262 e. The van der Waals surface area contributed by atoms with Gasteiger partial charge in [0.1, 0.15) is 0 Å². The molecule has 0 aliphatic carbocycles. The monoisotopic (exact) mass is 424 g/mol. The second-order valence-electron chi connectivity index (χ2n) is 6.15. The molecular weight excluding hydrogens is 404 g/mol. The van der Waals surface area contributed by atoms with E-state index in [0.717, 1.165) is 11.3 Å². The van der Waals surface area contributed by atoms with Gasteiger partial charge in [0.05, 0.1) is 34.2 Å². The molecule has 0 radical (unpaired) electrons. The number of hydrogen-bond acceptors (Lipinski definition) is 6. The maximum atomic E-state index is 12.8. The molecule has 0 spiro atoms. The number of nitrogens with zero attached hydrogens (tertiary/aromatic N) is 3. The van der Waals surface area contributed by atoms with Crippen LogP contribution in [0.5, 0.6) is 0 Å². The molecule has 0 aliphatic rings. The highest BCUT2D eigenvalue weighted by Crippen LogP contribution is 2.27. The first-order chi connectivity index (χ1) is 14.1. The zero-order valence-electron chi connectivity index (χ0n) is 15.9. The first kappa shape index (κ1) is 21.0. The quantitative estimate of drug-likeness (QED) is 0.432. The van der Waals surface area contributed by atoms with Gasteiger partial charge in [0.2, 0.25) is 5.91 Å². The second-order valence-corrected chi connectivity index (χ2v) is 8.11. The number of nitriles is 1. The van der Waals surface area contributed by atoms with Gasteiger partial charge in [-0.1, -0.05) is 43.0 Å². The Morgan fingerprint density at radius 1 is 1.17 bits per heavy atom. The van der Waals surface area contributed by atoms with Gasteiger partial charge < -0.3 is 5.32 Å². The van der Waals surface area contributed by atoms with Crippen LogP contribution in [0.15, 0.2) is 63.4 Å². The number of rotatable bonds is 8. The number of hydrogen-bond donors (Lipinski definition) is 1. The molecule has 0 atom stereocenters. The van der Waals surface area contributed by atoms with Crippen LogP contribution in [0.3, 0.4) is 0 Å². The third-order valence-electron chi connectivity index (χ3n) is 4.06. The van der Waals surface area contributed by atoms with E-state index in [2.05, 4.69) is 16.4 Å². The van der Waals surface area contributed by atoms with E-state index in [4.69, 9.17) is 5.26 Å². The first-order valence-electron chi connectivity index (χ1n) is 9.15. The largest absolute Gasteiger partial charge is 0.324 e. The van der Waals surface area contributed by atoms with Crippen molar-refractivity contribution in [2.75, 3.05) is 16.8 Å². The second kappa shape index (κ2) is 10.1. The summed E-state index contributed by atoms with van der Waals surface area (Å²) in [5, 5.41) is 12.8. The van der Waals surface area contributed by atoms with E-state index in [1.807, 2.05) is 43.3 Å². The highest BCUT2D eigenvalue weighted by molar-refractivity contribution is 8.00. The zero-order chi connectivity index (χ0) is 20.6. The maximum absolute atomic E-state index is 12.8. The van der Waals surface area contributed by atoms with Crippen LogP contribution in [0, 0.1) is 11.3 Å². The molecule has 3 aromatic rings. The molecule has 148 valence electrons. The Hall–Kier alpha value is -2.76. The molecule has 0 aliphatic heterocycles. The topological polar surface area (TPSA) is 87.8 Å². The summed E-state index contributed by atoms with van der Waals surface area (Å²) < 4.78 is 1.64. The highest BCUT2D eigenvalue weighted by Gasteiger charge is 2.13. The fourth-order valence-electron chi connectivity index (χ4n) is 2.80. The van der Waals surface area contributed by atoms with Crippen molar-refractivity contribution in [3.63, 3.8) is 0 Å². The fraction of sp³-hybridized carbons (Fsp3) is 0.238. The van der Waals surface area contributed by atoms with Crippen molar-refractivity contribution in [1.82, 2.24) is 9.55 Å². The number of thioether (sulfide) groups is 2. The lowest BCUT2D eigenvalue weighted by Crippen LogP contribution is -2.24. The average molecular weight is 425 g/mol. The number of para-hydroxylation sites is 2. The van der Waals surface area contributed by atoms with Gasteiger partial charge in [-0.05, 0) is 30.7 Å². The molecule has 2 aromatic carbocycles. The van der Waals surface area contributed by atoms with Crippen LogP contribution in [0.25, 0.3) is 10.9 Å². The Bertz CT molecular complexity index is 1120. The van der Waals surface area contributed by atoms with Crippen LogP contribution < -0.4 is 10.9 Å². The molecule has 1 N–H and O–H groups in total. The Labute approximate surface area is 177 Å². The van der Waals surface area contributed by atoms with Crippen LogP contribution in [-0.2, 0) is 11.3 Å². The predicted molar refractivity (Wildman–Crippen MR) is 118 cm³/mol. The van der Waals surface area contributed by atoms with Gasteiger partial charge >= 0.3 is 0 Å². The lowest BCUT2D eigenvalue weighted by molar-refractivity contribution is -0.113. The standard InChI is InChI=1S/C21H20N4O2S2/c1-2-12-25-20(27)15-7-3-4-8-16(15)24-21(25)29-14-19(26)23-17-9-5-6-10-18(17)28-13-11-22/h3-10H,2,12-14H2,1H3,(H,23,26). The summed E-state index contributed by atoms with van der Waals surface area (Å²) in [6, 6.07) is 16.7. The zero-order valence-corrected chi connectivity index (χ0v) is 17.6. The molecule has 29 heavy (non-hydrogen) atoms. The molecule has 8 heteroatoms. The molecule has 6 nitrogen and oxygen atoms in total. The number of nitrogens with one attached hydrogen (secondary N) is 1. The van der Waals surface area contributed by atoms with Crippen molar-refractivity contribution >= 4 is 46.0 Å². The van der Waals surface area contributed by atoms with Crippen LogP contribution >= 0.6 is 23.5 Å². The molecule has 1 heterocycles. The minimum Gasteiger partial charge on any atom is -0.324 e. The molecule has 0 fully saturated rings. The summed E-state index contributed by atoms with van der Waals surface area (Å²) in [4.78, 5) is 30.8. The predicted octanol–water partition coefficient (Wildman–Crippen LogP) is 4.15. The first-order valence-corrected chi connectivity index (χ1v) is 11.1. The average Bonchev–Trinajstić information content (AvgIpc) is 2.74. The Morgan fingerprint density at radius 2 is 1.93 bits per heavy atom. The lowest BCUT2D eigenvalue weighted by atomic mass is 10.2. The van der Waals surface area contributed by atoms with Crippen molar-refractivity contribution in [2.45, 2.75) is 29.9 Å². The minimum atomic E-state index is -0.189. The number of anilines is 1. The minimum absolute atomic E-state index is 0.0846. The number of benzene rings is 2. The molecule has 1 aromatic heterocycles. The summed E-state index contributed by atoms with van der Waals surface area (Å²) in [5.41, 5.74) is 1.22. The number of carbonyl (C=O) groups is 1. The van der Waals surface area contributed by atoms with E-state index in [1.54, 1.807) is 16.7 Å². The van der Waals surface area contributed by atoms with Gasteiger partial charge in [-0.15, -0.1) is 11.8 Å². The van der Waals surface area contributed by atoms with Gasteiger partial charge in [0.15, 0.2) is 5.16 Å². The summed E-state index contributed by atoms with van der Waals surface area (Å²) in [6.07, 6.45) is 0.795. The van der Waals surface area contributed by atoms with E-state index < -0.39 is 0 Å². The smallest absolute Gasteiger partial charge is 0.262 e. The molecule has 1 amide bonds.